The average molecular weight is 402 g/mol. The predicted octanol–water partition coefficient (Wildman–Crippen LogP) is 3.60. The number of carboxylic acids is 1. The van der Waals surface area contributed by atoms with Crippen molar-refractivity contribution in [1.82, 2.24) is 24.3 Å². The quantitative estimate of drug-likeness (QED) is 0.509. The Balaban J connectivity index is 1.65. The zero-order chi connectivity index (χ0) is 21.3. The van der Waals surface area contributed by atoms with Gasteiger partial charge in [-0.05, 0) is 69.0 Å². The number of nitrogens with one attached hydrogen (secondary N) is 1. The number of aryl methyl sites for hydroxylation is 1. The predicted molar refractivity (Wildman–Crippen MR) is 115 cm³/mol. The Labute approximate surface area is 173 Å². The maximum absolute atomic E-state index is 11.0. The third-order valence-electron chi connectivity index (χ3n) is 4.65. The van der Waals surface area contributed by atoms with Crippen molar-refractivity contribution in [3.05, 3.63) is 71.7 Å². The van der Waals surface area contributed by atoms with Crippen LogP contribution < -0.4 is 5.32 Å². The van der Waals surface area contributed by atoms with E-state index in [4.69, 9.17) is 10.1 Å². The summed E-state index contributed by atoms with van der Waals surface area (Å²) in [7, 11) is 4.08. The zero-order valence-electron chi connectivity index (χ0n) is 17.0. The Morgan fingerprint density at radius 1 is 1.13 bits per heavy atom. The summed E-state index contributed by atoms with van der Waals surface area (Å²) < 4.78 is 2.03. The molecule has 0 unspecified atom stereocenters. The lowest BCUT2D eigenvalue weighted by molar-refractivity contribution is 0.0697. The van der Waals surface area contributed by atoms with Gasteiger partial charge >= 0.3 is 5.97 Å². The molecule has 3 heterocycles. The van der Waals surface area contributed by atoms with Crippen molar-refractivity contribution in [2.75, 3.05) is 19.4 Å². The Morgan fingerprint density at radius 3 is 2.60 bits per heavy atom. The monoisotopic (exact) mass is 402 g/mol. The molecule has 30 heavy (non-hydrogen) atoms. The van der Waals surface area contributed by atoms with Crippen molar-refractivity contribution in [3.8, 4) is 11.4 Å². The summed E-state index contributed by atoms with van der Waals surface area (Å²) in [6, 6.07) is 12.5. The molecule has 0 aliphatic heterocycles. The molecule has 0 fully saturated rings. The van der Waals surface area contributed by atoms with Crippen LogP contribution in [0.5, 0.6) is 0 Å². The molecule has 0 bridgehead atoms. The molecule has 0 aliphatic carbocycles. The number of hydrogen-bond donors (Lipinski definition) is 2. The number of benzene rings is 1. The number of carbonyl (C=O) groups is 1. The smallest absolute Gasteiger partial charge is 0.335 e. The van der Waals surface area contributed by atoms with Gasteiger partial charge in [-0.3, -0.25) is 4.40 Å². The molecule has 0 saturated carbocycles. The largest absolute Gasteiger partial charge is 0.478 e. The molecule has 0 atom stereocenters. The lowest BCUT2D eigenvalue weighted by Crippen LogP contribution is -2.10. The van der Waals surface area contributed by atoms with Crippen LogP contribution in [-0.4, -0.2) is 49.4 Å². The summed E-state index contributed by atoms with van der Waals surface area (Å²) in [4.78, 5) is 26.8. The van der Waals surface area contributed by atoms with Crippen LogP contribution in [-0.2, 0) is 6.54 Å². The van der Waals surface area contributed by atoms with Crippen LogP contribution in [0.15, 0.2) is 54.9 Å². The third-order valence-corrected chi connectivity index (χ3v) is 4.65. The first-order valence-electron chi connectivity index (χ1n) is 9.47. The second kappa shape index (κ2) is 7.92. The molecule has 8 heteroatoms. The molecule has 8 nitrogen and oxygen atoms in total. The van der Waals surface area contributed by atoms with Gasteiger partial charge in [0.1, 0.15) is 5.65 Å². The van der Waals surface area contributed by atoms with Crippen molar-refractivity contribution >= 4 is 23.3 Å². The zero-order valence-corrected chi connectivity index (χ0v) is 17.0. The van der Waals surface area contributed by atoms with Crippen LogP contribution in [0.25, 0.3) is 17.0 Å². The number of anilines is 2. The van der Waals surface area contributed by atoms with Gasteiger partial charge in [-0.15, -0.1) is 0 Å². The first kappa shape index (κ1) is 19.5. The first-order valence-corrected chi connectivity index (χ1v) is 9.47. The van der Waals surface area contributed by atoms with Gasteiger partial charge in [0.2, 0.25) is 5.95 Å². The van der Waals surface area contributed by atoms with E-state index in [-0.39, 0.29) is 5.56 Å². The average Bonchev–Trinajstić information content (AvgIpc) is 3.03. The number of aromatic carboxylic acids is 1. The fourth-order valence-corrected chi connectivity index (χ4v) is 3.35. The second-order valence-electron chi connectivity index (χ2n) is 7.32. The third kappa shape index (κ3) is 3.99. The highest BCUT2D eigenvalue weighted by atomic mass is 16.4. The minimum Gasteiger partial charge on any atom is -0.478 e. The van der Waals surface area contributed by atoms with Gasteiger partial charge in [0.05, 0.1) is 22.6 Å². The van der Waals surface area contributed by atoms with Gasteiger partial charge in [0, 0.05) is 24.6 Å². The standard InChI is InChI=1S/C22H22N6O2/c1-14-20(28-11-9-15(13-27(2)3)12-19(28)24-14)18-8-10-23-22(26-18)25-17-6-4-16(5-7-17)21(29)30/h4-12H,13H2,1-3H3,(H,29,30)(H,23,25,26). The molecule has 2 N–H and O–H groups in total. The Bertz CT molecular complexity index is 1210. The molecular formula is C22H22N6O2. The number of carboxylic acid groups (broad SMARTS) is 1. The van der Waals surface area contributed by atoms with E-state index >= 15 is 0 Å². The van der Waals surface area contributed by atoms with E-state index in [1.54, 1.807) is 18.3 Å². The Hall–Kier alpha value is -3.78. The van der Waals surface area contributed by atoms with E-state index in [9.17, 15) is 4.79 Å². The van der Waals surface area contributed by atoms with Crippen LogP contribution >= 0.6 is 0 Å². The molecule has 0 saturated heterocycles. The highest BCUT2D eigenvalue weighted by Crippen LogP contribution is 2.25. The number of hydrogen-bond acceptors (Lipinski definition) is 6. The topological polar surface area (TPSA) is 95.7 Å². The van der Waals surface area contributed by atoms with Crippen LogP contribution in [0.1, 0.15) is 21.6 Å². The first-order chi connectivity index (χ1) is 14.4. The maximum atomic E-state index is 11.0. The van der Waals surface area contributed by atoms with Gasteiger partial charge in [0.25, 0.3) is 0 Å². The van der Waals surface area contributed by atoms with Crippen LogP contribution in [0, 0.1) is 6.92 Å². The molecule has 152 valence electrons. The highest BCUT2D eigenvalue weighted by molar-refractivity contribution is 5.88. The minimum absolute atomic E-state index is 0.227. The molecule has 0 aliphatic rings. The van der Waals surface area contributed by atoms with Crippen LogP contribution in [0.4, 0.5) is 11.6 Å². The van der Waals surface area contributed by atoms with E-state index in [0.717, 1.165) is 29.3 Å². The molecule has 3 aromatic heterocycles. The number of imidazole rings is 1. The van der Waals surface area contributed by atoms with E-state index in [1.165, 1.54) is 17.7 Å². The van der Waals surface area contributed by atoms with Crippen LogP contribution in [0.2, 0.25) is 0 Å². The van der Waals surface area contributed by atoms with Crippen molar-refractivity contribution in [3.63, 3.8) is 0 Å². The summed E-state index contributed by atoms with van der Waals surface area (Å²) >= 11 is 0. The second-order valence-corrected chi connectivity index (χ2v) is 7.32. The lowest BCUT2D eigenvalue weighted by Gasteiger charge is -2.10. The summed E-state index contributed by atoms with van der Waals surface area (Å²) in [5, 5.41) is 12.1. The van der Waals surface area contributed by atoms with Crippen molar-refractivity contribution in [2.24, 2.45) is 0 Å². The Kier molecular flexibility index (Phi) is 5.16. The number of nitrogens with zero attached hydrogens (tertiary/aromatic N) is 5. The number of aromatic nitrogens is 4. The van der Waals surface area contributed by atoms with Crippen molar-refractivity contribution < 1.29 is 9.90 Å². The molecule has 0 amide bonds. The summed E-state index contributed by atoms with van der Waals surface area (Å²) in [6.45, 7) is 2.81. The molecule has 0 radical (unpaired) electrons. The fourth-order valence-electron chi connectivity index (χ4n) is 3.35. The van der Waals surface area contributed by atoms with Gasteiger partial charge in [-0.25, -0.2) is 19.7 Å². The maximum Gasteiger partial charge on any atom is 0.335 e. The van der Waals surface area contributed by atoms with Gasteiger partial charge in [0.15, 0.2) is 0 Å². The summed E-state index contributed by atoms with van der Waals surface area (Å²) in [5.74, 6) is -0.536. The molecule has 1 aromatic carbocycles. The SMILES string of the molecule is Cc1nc2cc(CN(C)C)ccn2c1-c1ccnc(Nc2ccc(C(=O)O)cc2)n1. The van der Waals surface area contributed by atoms with Gasteiger partial charge in [-0.2, -0.15) is 0 Å². The summed E-state index contributed by atoms with van der Waals surface area (Å²) in [5.41, 5.74) is 5.55. The molecule has 0 spiro atoms. The van der Waals surface area contributed by atoms with E-state index < -0.39 is 5.97 Å². The summed E-state index contributed by atoms with van der Waals surface area (Å²) in [6.07, 6.45) is 3.71. The van der Waals surface area contributed by atoms with Crippen molar-refractivity contribution in [1.29, 1.82) is 0 Å². The number of fused-ring (bicyclic) bond motifs is 1. The highest BCUT2D eigenvalue weighted by Gasteiger charge is 2.14. The van der Waals surface area contributed by atoms with Crippen molar-refractivity contribution in [2.45, 2.75) is 13.5 Å². The minimum atomic E-state index is -0.961. The van der Waals surface area contributed by atoms with Gasteiger partial charge < -0.3 is 15.3 Å². The van der Waals surface area contributed by atoms with E-state index in [1.807, 2.05) is 37.7 Å². The van der Waals surface area contributed by atoms with E-state index in [2.05, 4.69) is 32.3 Å². The normalized spacial score (nSPS) is 11.2. The molecule has 4 aromatic rings. The lowest BCUT2D eigenvalue weighted by atomic mass is 10.2. The molecule has 4 rings (SSSR count). The number of pyridine rings is 1. The molecular weight excluding hydrogens is 380 g/mol. The van der Waals surface area contributed by atoms with Crippen LogP contribution in [0.3, 0.4) is 0 Å². The fraction of sp³-hybridized carbons (Fsp3) is 0.182. The van der Waals surface area contributed by atoms with E-state index in [0.29, 0.717) is 11.6 Å². The number of rotatable bonds is 6. The van der Waals surface area contributed by atoms with Gasteiger partial charge in [-0.1, -0.05) is 0 Å². The Morgan fingerprint density at radius 2 is 1.90 bits per heavy atom.